The molecule has 21 heavy (non-hydrogen) atoms. The van der Waals surface area contributed by atoms with Gasteiger partial charge >= 0.3 is 0 Å². The summed E-state index contributed by atoms with van der Waals surface area (Å²) >= 11 is 1.21. The van der Waals surface area contributed by atoms with Gasteiger partial charge in [-0.05, 0) is 18.4 Å². The normalized spacial score (nSPS) is 11.1. The lowest BCUT2D eigenvalue weighted by Gasteiger charge is -2.05. The highest BCUT2D eigenvalue weighted by Gasteiger charge is 2.15. The van der Waals surface area contributed by atoms with Crippen LogP contribution in [0.1, 0.15) is 5.56 Å². The quantitative estimate of drug-likeness (QED) is 0.495. The summed E-state index contributed by atoms with van der Waals surface area (Å²) in [5.74, 6) is 0. The predicted octanol–water partition coefficient (Wildman–Crippen LogP) is 1.28. The fourth-order valence-corrected chi connectivity index (χ4v) is 2.50. The van der Waals surface area contributed by atoms with E-state index in [0.717, 1.165) is 0 Å². The van der Waals surface area contributed by atoms with Gasteiger partial charge in [-0.1, -0.05) is 23.9 Å². The van der Waals surface area contributed by atoms with Gasteiger partial charge in [0.05, 0.1) is 10.6 Å². The Bertz CT molecular complexity index is 880. The third-order valence-electron chi connectivity index (χ3n) is 2.63. The highest BCUT2D eigenvalue weighted by molar-refractivity contribution is 7.98. The zero-order chi connectivity index (χ0) is 15.6. The summed E-state index contributed by atoms with van der Waals surface area (Å²) in [5.41, 5.74) is -0.161. The summed E-state index contributed by atoms with van der Waals surface area (Å²) in [6, 6.07) is 6.87. The second-order valence-electron chi connectivity index (χ2n) is 3.91. The Labute approximate surface area is 124 Å². The molecule has 0 aliphatic heterocycles. The van der Waals surface area contributed by atoms with Crippen molar-refractivity contribution in [3.63, 3.8) is 0 Å². The standard InChI is InChI=1S/C12H9N3O4S2/c1-20-12-14-10(9(6-13)11(16)15-12)7-2-4-8(5-3-7)21(17,18)19/h2-5H,1H3,(H,14,15,16)(H,17,18,19). The first-order valence-corrected chi connectivity index (χ1v) is 8.19. The Morgan fingerprint density at radius 3 is 2.43 bits per heavy atom. The molecule has 9 heteroatoms. The number of rotatable bonds is 3. The zero-order valence-electron chi connectivity index (χ0n) is 10.7. The molecule has 1 heterocycles. The molecule has 0 unspecified atom stereocenters. The Morgan fingerprint density at radius 2 is 1.95 bits per heavy atom. The number of H-pyrrole nitrogens is 1. The van der Waals surface area contributed by atoms with Gasteiger partial charge in [-0.2, -0.15) is 13.7 Å². The highest BCUT2D eigenvalue weighted by Crippen LogP contribution is 2.22. The maximum Gasteiger partial charge on any atom is 0.294 e. The van der Waals surface area contributed by atoms with Gasteiger partial charge in [0.1, 0.15) is 11.6 Å². The van der Waals surface area contributed by atoms with E-state index < -0.39 is 15.7 Å². The summed E-state index contributed by atoms with van der Waals surface area (Å²) in [4.78, 5) is 18.1. The Morgan fingerprint density at radius 1 is 1.33 bits per heavy atom. The van der Waals surface area contributed by atoms with Gasteiger partial charge in [-0.15, -0.1) is 0 Å². The van der Waals surface area contributed by atoms with E-state index in [0.29, 0.717) is 10.7 Å². The minimum atomic E-state index is -4.30. The SMILES string of the molecule is CSc1nc(-c2ccc(S(=O)(=O)O)cc2)c(C#N)c(=O)[nH]1. The molecule has 0 aliphatic carbocycles. The van der Waals surface area contributed by atoms with Crippen LogP contribution < -0.4 is 5.56 Å². The number of hydrogen-bond acceptors (Lipinski definition) is 6. The van der Waals surface area contributed by atoms with Crippen molar-refractivity contribution < 1.29 is 13.0 Å². The van der Waals surface area contributed by atoms with Gasteiger partial charge in [-0.25, -0.2) is 4.98 Å². The lowest BCUT2D eigenvalue weighted by Crippen LogP contribution is -2.14. The van der Waals surface area contributed by atoms with Crippen molar-refractivity contribution in [1.82, 2.24) is 9.97 Å². The molecule has 0 atom stereocenters. The summed E-state index contributed by atoms with van der Waals surface area (Å²) in [5, 5.41) is 9.40. The van der Waals surface area contributed by atoms with E-state index in [4.69, 9.17) is 9.81 Å². The number of aromatic amines is 1. The summed E-state index contributed by atoms with van der Waals surface area (Å²) < 4.78 is 30.9. The Balaban J connectivity index is 2.64. The molecule has 2 aromatic rings. The van der Waals surface area contributed by atoms with Crippen LogP contribution in [0.25, 0.3) is 11.3 Å². The van der Waals surface area contributed by atoms with E-state index >= 15 is 0 Å². The molecule has 108 valence electrons. The van der Waals surface area contributed by atoms with Gasteiger partial charge in [0.2, 0.25) is 0 Å². The molecule has 0 amide bonds. The number of benzene rings is 1. The largest absolute Gasteiger partial charge is 0.300 e. The van der Waals surface area contributed by atoms with E-state index in [-0.39, 0.29) is 16.2 Å². The Kier molecular flexibility index (Phi) is 4.13. The Hall–Kier alpha value is -2.15. The van der Waals surface area contributed by atoms with E-state index in [1.165, 1.54) is 36.0 Å². The van der Waals surface area contributed by atoms with Gasteiger partial charge < -0.3 is 4.98 Å². The van der Waals surface area contributed by atoms with E-state index in [2.05, 4.69) is 9.97 Å². The monoisotopic (exact) mass is 323 g/mol. The molecule has 0 bridgehead atoms. The van der Waals surface area contributed by atoms with Crippen molar-refractivity contribution >= 4 is 21.9 Å². The summed E-state index contributed by atoms with van der Waals surface area (Å²) in [7, 11) is -4.30. The van der Waals surface area contributed by atoms with Gasteiger partial charge in [0.25, 0.3) is 15.7 Å². The van der Waals surface area contributed by atoms with Crippen molar-refractivity contribution in [2.75, 3.05) is 6.26 Å². The number of nitrogens with one attached hydrogen (secondary N) is 1. The fraction of sp³-hybridized carbons (Fsp3) is 0.0833. The molecule has 0 fully saturated rings. The molecule has 2 rings (SSSR count). The average Bonchev–Trinajstić information content (AvgIpc) is 2.45. The molecule has 1 aromatic heterocycles. The van der Waals surface area contributed by atoms with Crippen molar-refractivity contribution in [2.45, 2.75) is 10.1 Å². The smallest absolute Gasteiger partial charge is 0.294 e. The maximum atomic E-state index is 11.8. The number of nitrogens with zero attached hydrogens (tertiary/aromatic N) is 2. The van der Waals surface area contributed by atoms with E-state index in [9.17, 15) is 13.2 Å². The van der Waals surface area contributed by atoms with Crippen LogP contribution in [0.15, 0.2) is 39.1 Å². The number of aromatic nitrogens is 2. The van der Waals surface area contributed by atoms with Crippen LogP contribution in [0, 0.1) is 11.3 Å². The van der Waals surface area contributed by atoms with Crippen LogP contribution in [-0.4, -0.2) is 29.2 Å². The number of hydrogen-bond donors (Lipinski definition) is 2. The fourth-order valence-electron chi connectivity index (χ4n) is 1.65. The average molecular weight is 323 g/mol. The molecule has 0 radical (unpaired) electrons. The molecule has 0 saturated carbocycles. The van der Waals surface area contributed by atoms with Crippen molar-refractivity contribution in [3.05, 3.63) is 40.2 Å². The number of nitriles is 1. The van der Waals surface area contributed by atoms with Crippen LogP contribution in [0.5, 0.6) is 0 Å². The van der Waals surface area contributed by atoms with Gasteiger partial charge in [-0.3, -0.25) is 9.35 Å². The molecule has 0 saturated heterocycles. The molecular weight excluding hydrogens is 314 g/mol. The van der Waals surface area contributed by atoms with Crippen LogP contribution in [0.2, 0.25) is 0 Å². The molecule has 0 aliphatic rings. The van der Waals surface area contributed by atoms with E-state index in [1.807, 2.05) is 0 Å². The summed E-state index contributed by atoms with van der Waals surface area (Å²) in [6.07, 6.45) is 1.72. The van der Waals surface area contributed by atoms with E-state index in [1.54, 1.807) is 12.3 Å². The maximum absolute atomic E-state index is 11.8. The number of thioether (sulfide) groups is 1. The van der Waals surface area contributed by atoms with Crippen LogP contribution in [0.3, 0.4) is 0 Å². The lowest BCUT2D eigenvalue weighted by atomic mass is 10.1. The molecule has 7 nitrogen and oxygen atoms in total. The third kappa shape index (κ3) is 3.13. The van der Waals surface area contributed by atoms with Crippen molar-refractivity contribution in [1.29, 1.82) is 5.26 Å². The molecule has 0 spiro atoms. The zero-order valence-corrected chi connectivity index (χ0v) is 12.3. The van der Waals surface area contributed by atoms with Gasteiger partial charge in [0, 0.05) is 5.56 Å². The minimum absolute atomic E-state index is 0.160. The first-order valence-electron chi connectivity index (χ1n) is 5.53. The first-order chi connectivity index (χ1) is 9.86. The summed E-state index contributed by atoms with van der Waals surface area (Å²) in [6.45, 7) is 0. The molecular formula is C12H9N3O4S2. The highest BCUT2D eigenvalue weighted by atomic mass is 32.2. The second-order valence-corrected chi connectivity index (χ2v) is 6.13. The van der Waals surface area contributed by atoms with Crippen LogP contribution >= 0.6 is 11.8 Å². The van der Waals surface area contributed by atoms with Gasteiger partial charge in [0.15, 0.2) is 5.16 Å². The van der Waals surface area contributed by atoms with Crippen molar-refractivity contribution in [3.8, 4) is 17.3 Å². The predicted molar refractivity (Wildman–Crippen MR) is 76.6 cm³/mol. The first kappa shape index (κ1) is 15.2. The van der Waals surface area contributed by atoms with Crippen LogP contribution in [-0.2, 0) is 10.1 Å². The third-order valence-corrected chi connectivity index (χ3v) is 4.08. The molecule has 1 aromatic carbocycles. The topological polar surface area (TPSA) is 124 Å². The van der Waals surface area contributed by atoms with Crippen LogP contribution in [0.4, 0.5) is 0 Å². The lowest BCUT2D eigenvalue weighted by molar-refractivity contribution is 0.483. The second kappa shape index (κ2) is 5.69. The van der Waals surface area contributed by atoms with Crippen molar-refractivity contribution in [2.24, 2.45) is 0 Å². The minimum Gasteiger partial charge on any atom is -0.300 e. The molecule has 2 N–H and O–H groups in total.